The van der Waals surface area contributed by atoms with Gasteiger partial charge in [-0.25, -0.2) is 4.39 Å². The summed E-state index contributed by atoms with van der Waals surface area (Å²) >= 11 is 3.47. The second-order valence-corrected chi connectivity index (χ2v) is 7.39. The molecule has 1 aliphatic rings. The highest BCUT2D eigenvalue weighted by molar-refractivity contribution is 9.10. The lowest BCUT2D eigenvalue weighted by atomic mass is 9.90. The monoisotopic (exact) mass is 390 g/mol. The van der Waals surface area contributed by atoms with Gasteiger partial charge in [0.25, 0.3) is 0 Å². The molecule has 24 heavy (non-hydrogen) atoms. The van der Waals surface area contributed by atoms with Crippen molar-refractivity contribution in [3.05, 3.63) is 69.9 Å². The first-order valence-corrected chi connectivity index (χ1v) is 9.46. The van der Waals surface area contributed by atoms with E-state index in [-0.39, 0.29) is 5.82 Å². The van der Waals surface area contributed by atoms with Gasteiger partial charge in [-0.3, -0.25) is 0 Å². The Morgan fingerprint density at radius 1 is 0.875 bits per heavy atom. The van der Waals surface area contributed by atoms with E-state index in [1.54, 1.807) is 6.07 Å². The maximum absolute atomic E-state index is 13.8. The van der Waals surface area contributed by atoms with E-state index in [9.17, 15) is 4.39 Å². The van der Waals surface area contributed by atoms with E-state index < -0.39 is 0 Å². The third kappa shape index (κ3) is 4.88. The fourth-order valence-corrected chi connectivity index (χ4v) is 3.62. The average molecular weight is 391 g/mol. The Bertz CT molecular complexity index is 644. The van der Waals surface area contributed by atoms with Crippen molar-refractivity contribution in [3.8, 4) is 0 Å². The third-order valence-electron chi connectivity index (χ3n) is 4.76. The van der Waals surface area contributed by atoms with E-state index >= 15 is 0 Å². The van der Waals surface area contributed by atoms with E-state index in [1.807, 2.05) is 12.1 Å². The molecule has 0 saturated heterocycles. The predicted octanol–water partition coefficient (Wildman–Crippen LogP) is 4.78. The molecule has 2 aromatic rings. The van der Waals surface area contributed by atoms with Crippen LogP contribution >= 0.6 is 15.9 Å². The molecule has 0 bridgehead atoms. The van der Waals surface area contributed by atoms with Crippen molar-refractivity contribution in [1.82, 2.24) is 10.6 Å². The van der Waals surface area contributed by atoms with Gasteiger partial charge in [-0.05, 0) is 36.6 Å². The summed E-state index contributed by atoms with van der Waals surface area (Å²) in [5, 5.41) is 7.25. The second kappa shape index (κ2) is 8.75. The Morgan fingerprint density at radius 2 is 1.50 bits per heavy atom. The largest absolute Gasteiger partial charge is 0.308 e. The maximum Gasteiger partial charge on any atom is 0.127 e. The molecule has 0 amide bonds. The number of nitrogens with one attached hydrogen (secondary N) is 2. The number of rotatable bonds is 6. The molecule has 0 spiro atoms. The SMILES string of the molecule is Fc1ccccc1CNC1CCCCC1NCc1ccc(Br)cc1. The summed E-state index contributed by atoms with van der Waals surface area (Å²) < 4.78 is 14.9. The van der Waals surface area contributed by atoms with Crippen LogP contribution in [0.3, 0.4) is 0 Å². The number of hydrogen-bond donors (Lipinski definition) is 2. The number of benzene rings is 2. The zero-order chi connectivity index (χ0) is 16.8. The average Bonchev–Trinajstić information content (AvgIpc) is 2.61. The Morgan fingerprint density at radius 3 is 2.17 bits per heavy atom. The zero-order valence-corrected chi connectivity index (χ0v) is 15.4. The van der Waals surface area contributed by atoms with Gasteiger partial charge in [0, 0.05) is 35.2 Å². The molecule has 0 aliphatic heterocycles. The highest BCUT2D eigenvalue weighted by atomic mass is 79.9. The van der Waals surface area contributed by atoms with E-state index in [1.165, 1.54) is 30.9 Å². The van der Waals surface area contributed by atoms with E-state index in [4.69, 9.17) is 0 Å². The first-order valence-electron chi connectivity index (χ1n) is 8.67. The van der Waals surface area contributed by atoms with Crippen LogP contribution in [0.5, 0.6) is 0 Å². The summed E-state index contributed by atoms with van der Waals surface area (Å²) in [6.07, 6.45) is 4.82. The minimum Gasteiger partial charge on any atom is -0.308 e. The van der Waals surface area contributed by atoms with Crippen LogP contribution < -0.4 is 10.6 Å². The van der Waals surface area contributed by atoms with Crippen molar-refractivity contribution in [1.29, 1.82) is 0 Å². The van der Waals surface area contributed by atoms with Crippen molar-refractivity contribution < 1.29 is 4.39 Å². The van der Waals surface area contributed by atoms with Crippen LogP contribution in [-0.2, 0) is 13.1 Å². The molecule has 2 N–H and O–H groups in total. The van der Waals surface area contributed by atoms with Crippen molar-refractivity contribution in [2.24, 2.45) is 0 Å². The van der Waals surface area contributed by atoms with Crippen molar-refractivity contribution >= 4 is 15.9 Å². The Balaban J connectivity index is 1.55. The van der Waals surface area contributed by atoms with Gasteiger partial charge in [-0.2, -0.15) is 0 Å². The van der Waals surface area contributed by atoms with Gasteiger partial charge in [-0.1, -0.05) is 59.1 Å². The summed E-state index contributed by atoms with van der Waals surface area (Å²) in [6.45, 7) is 1.46. The van der Waals surface area contributed by atoms with Gasteiger partial charge in [-0.15, -0.1) is 0 Å². The number of halogens is 2. The van der Waals surface area contributed by atoms with Gasteiger partial charge >= 0.3 is 0 Å². The molecule has 2 aromatic carbocycles. The summed E-state index contributed by atoms with van der Waals surface area (Å²) in [5.74, 6) is -0.125. The quantitative estimate of drug-likeness (QED) is 0.741. The third-order valence-corrected chi connectivity index (χ3v) is 5.29. The van der Waals surface area contributed by atoms with Crippen LogP contribution in [0.1, 0.15) is 36.8 Å². The zero-order valence-electron chi connectivity index (χ0n) is 13.8. The fraction of sp³-hybridized carbons (Fsp3) is 0.400. The van der Waals surface area contributed by atoms with Crippen LogP contribution in [-0.4, -0.2) is 12.1 Å². The first kappa shape index (κ1) is 17.6. The Labute approximate surface area is 152 Å². The lowest BCUT2D eigenvalue weighted by molar-refractivity contribution is 0.280. The summed E-state index contributed by atoms with van der Waals surface area (Å²) in [4.78, 5) is 0. The van der Waals surface area contributed by atoms with E-state index in [0.29, 0.717) is 18.6 Å². The van der Waals surface area contributed by atoms with Gasteiger partial charge in [0.15, 0.2) is 0 Å². The molecule has 1 saturated carbocycles. The maximum atomic E-state index is 13.8. The summed E-state index contributed by atoms with van der Waals surface area (Å²) in [6, 6.07) is 16.3. The van der Waals surface area contributed by atoms with Crippen LogP contribution in [0, 0.1) is 5.82 Å². The van der Waals surface area contributed by atoms with Crippen LogP contribution in [0.15, 0.2) is 53.0 Å². The normalized spacial score (nSPS) is 20.9. The Hall–Kier alpha value is -1.23. The molecule has 2 atom stereocenters. The first-order chi connectivity index (χ1) is 11.7. The highest BCUT2D eigenvalue weighted by Gasteiger charge is 2.24. The molecule has 128 valence electrons. The minimum absolute atomic E-state index is 0.125. The Kier molecular flexibility index (Phi) is 6.41. The smallest absolute Gasteiger partial charge is 0.127 e. The molecule has 0 heterocycles. The second-order valence-electron chi connectivity index (χ2n) is 6.48. The number of hydrogen-bond acceptors (Lipinski definition) is 2. The standard InChI is InChI=1S/C20H24BrFN2/c21-17-11-9-15(10-12-17)13-23-19-7-3-4-8-20(19)24-14-16-5-1-2-6-18(16)22/h1-2,5-6,9-12,19-20,23-24H,3-4,7-8,13-14H2. The minimum atomic E-state index is -0.125. The lowest BCUT2D eigenvalue weighted by Crippen LogP contribution is -2.49. The fourth-order valence-electron chi connectivity index (χ4n) is 3.35. The van der Waals surface area contributed by atoms with E-state index in [0.717, 1.165) is 23.0 Å². The van der Waals surface area contributed by atoms with Crippen LogP contribution in [0.2, 0.25) is 0 Å². The lowest BCUT2D eigenvalue weighted by Gasteiger charge is -2.33. The summed E-state index contributed by atoms with van der Waals surface area (Å²) in [5.41, 5.74) is 2.03. The molecule has 1 fully saturated rings. The van der Waals surface area contributed by atoms with Gasteiger partial charge in [0.05, 0.1) is 0 Å². The van der Waals surface area contributed by atoms with Gasteiger partial charge in [0.1, 0.15) is 5.82 Å². The van der Waals surface area contributed by atoms with Gasteiger partial charge < -0.3 is 10.6 Å². The molecule has 3 rings (SSSR count). The van der Waals surface area contributed by atoms with Gasteiger partial charge in [0.2, 0.25) is 0 Å². The van der Waals surface area contributed by atoms with Crippen LogP contribution in [0.4, 0.5) is 4.39 Å². The van der Waals surface area contributed by atoms with Crippen molar-refractivity contribution in [2.75, 3.05) is 0 Å². The molecular formula is C20H24BrFN2. The molecule has 2 unspecified atom stereocenters. The summed E-state index contributed by atoms with van der Waals surface area (Å²) in [7, 11) is 0. The highest BCUT2D eigenvalue weighted by Crippen LogP contribution is 2.20. The topological polar surface area (TPSA) is 24.1 Å². The molecule has 4 heteroatoms. The molecule has 1 aliphatic carbocycles. The van der Waals surface area contributed by atoms with Crippen LogP contribution in [0.25, 0.3) is 0 Å². The molecule has 0 aromatic heterocycles. The van der Waals surface area contributed by atoms with Crippen molar-refractivity contribution in [2.45, 2.75) is 50.9 Å². The molecule has 0 radical (unpaired) electrons. The predicted molar refractivity (Wildman–Crippen MR) is 100 cm³/mol. The van der Waals surface area contributed by atoms with E-state index in [2.05, 4.69) is 50.8 Å². The molecule has 2 nitrogen and oxygen atoms in total. The molecular weight excluding hydrogens is 367 g/mol. The van der Waals surface area contributed by atoms with Crippen molar-refractivity contribution in [3.63, 3.8) is 0 Å².